The number of carbonyl (C=O) groups is 2. The maximum Gasteiger partial charge on any atom is 0.295 e. The van der Waals surface area contributed by atoms with Crippen molar-refractivity contribution >= 4 is 29.1 Å². The van der Waals surface area contributed by atoms with Gasteiger partial charge < -0.3 is 24.2 Å². The minimum atomic E-state index is -0.743. The van der Waals surface area contributed by atoms with E-state index in [2.05, 4.69) is 4.90 Å². The van der Waals surface area contributed by atoms with Crippen LogP contribution in [0.5, 0.6) is 11.5 Å². The van der Waals surface area contributed by atoms with E-state index in [9.17, 15) is 14.7 Å². The Morgan fingerprint density at radius 1 is 1.06 bits per heavy atom. The number of morpholine rings is 1. The number of benzene rings is 2. The summed E-state index contributed by atoms with van der Waals surface area (Å²) < 4.78 is 15.8. The van der Waals surface area contributed by atoms with Crippen molar-refractivity contribution in [3.8, 4) is 11.5 Å². The van der Waals surface area contributed by atoms with Gasteiger partial charge in [-0.1, -0.05) is 23.7 Å². The molecule has 180 valence electrons. The van der Waals surface area contributed by atoms with Gasteiger partial charge in [0.1, 0.15) is 17.3 Å². The third-order valence-corrected chi connectivity index (χ3v) is 6.45. The van der Waals surface area contributed by atoms with Crippen molar-refractivity contribution in [2.75, 3.05) is 53.6 Å². The summed E-state index contributed by atoms with van der Waals surface area (Å²) in [6.45, 7) is 3.74. The van der Waals surface area contributed by atoms with Crippen LogP contribution < -0.4 is 9.47 Å². The number of ether oxygens (including phenoxy) is 3. The number of nitrogens with zero attached hydrogens (tertiary/aromatic N) is 2. The van der Waals surface area contributed by atoms with Gasteiger partial charge in [-0.25, -0.2) is 0 Å². The normalized spacial score (nSPS) is 20.6. The summed E-state index contributed by atoms with van der Waals surface area (Å²) >= 11 is 6.25. The number of methoxy groups -OCH3 is 2. The molecule has 0 unspecified atom stereocenters. The van der Waals surface area contributed by atoms with Gasteiger partial charge in [-0.3, -0.25) is 14.5 Å². The molecule has 0 bridgehead atoms. The Balaban J connectivity index is 1.74. The lowest BCUT2D eigenvalue weighted by molar-refractivity contribution is -0.140. The predicted octanol–water partition coefficient (Wildman–Crippen LogP) is 3.11. The van der Waals surface area contributed by atoms with Gasteiger partial charge in [-0.2, -0.15) is 0 Å². The molecule has 2 fully saturated rings. The fourth-order valence-electron chi connectivity index (χ4n) is 4.29. The average Bonchev–Trinajstić information content (AvgIpc) is 3.12. The fourth-order valence-corrected chi connectivity index (χ4v) is 4.54. The van der Waals surface area contributed by atoms with E-state index in [1.807, 2.05) is 0 Å². The molecule has 0 spiro atoms. The van der Waals surface area contributed by atoms with Gasteiger partial charge in [0.25, 0.3) is 11.7 Å². The molecule has 0 saturated carbocycles. The summed E-state index contributed by atoms with van der Waals surface area (Å²) in [4.78, 5) is 30.0. The highest BCUT2D eigenvalue weighted by atomic mass is 35.5. The molecule has 34 heavy (non-hydrogen) atoms. The van der Waals surface area contributed by atoms with Crippen LogP contribution in [0.1, 0.15) is 17.2 Å². The highest BCUT2D eigenvalue weighted by Gasteiger charge is 2.46. The molecule has 0 radical (unpaired) electrons. The van der Waals surface area contributed by atoms with Crippen molar-refractivity contribution in [3.05, 3.63) is 64.2 Å². The van der Waals surface area contributed by atoms with E-state index in [1.165, 1.54) is 18.1 Å². The fraction of sp³-hybridized carbons (Fsp3) is 0.360. The second kappa shape index (κ2) is 10.5. The number of likely N-dealkylation sites (tertiary alicyclic amines) is 1. The molecule has 1 N–H and O–H groups in total. The average molecular weight is 487 g/mol. The van der Waals surface area contributed by atoms with Gasteiger partial charge in [0, 0.05) is 31.7 Å². The van der Waals surface area contributed by atoms with Crippen molar-refractivity contribution in [1.82, 2.24) is 9.80 Å². The Morgan fingerprint density at radius 3 is 2.38 bits per heavy atom. The highest BCUT2D eigenvalue weighted by molar-refractivity contribution is 6.46. The number of aliphatic hydroxyl groups is 1. The Hall–Kier alpha value is -3.07. The van der Waals surface area contributed by atoms with Crippen LogP contribution in [0.4, 0.5) is 0 Å². The van der Waals surface area contributed by atoms with Crippen LogP contribution in [0.3, 0.4) is 0 Å². The van der Waals surface area contributed by atoms with E-state index < -0.39 is 17.7 Å². The Labute approximate surface area is 203 Å². The zero-order valence-corrected chi connectivity index (χ0v) is 19.9. The van der Waals surface area contributed by atoms with Crippen LogP contribution in [0.25, 0.3) is 5.76 Å². The number of Topliss-reactive ketones (excluding diaryl/α,β-unsaturated/α-hetero) is 1. The predicted molar refractivity (Wildman–Crippen MR) is 127 cm³/mol. The molecule has 2 aliphatic rings. The molecular formula is C25H27ClN2O6. The second-order valence-electron chi connectivity index (χ2n) is 8.07. The first-order valence-corrected chi connectivity index (χ1v) is 11.4. The number of amides is 1. The molecule has 9 heteroatoms. The summed E-state index contributed by atoms with van der Waals surface area (Å²) in [5.41, 5.74) is 1.05. The zero-order valence-electron chi connectivity index (χ0n) is 19.1. The summed E-state index contributed by atoms with van der Waals surface area (Å²) in [7, 11) is 3.06. The standard InChI is InChI=1S/C25H27ClN2O6/c1-32-18-6-3-16(4-7-18)22-21(23(29)17-5-8-20(33-2)19(26)15-17)24(30)25(31)28(22)10-9-27-11-13-34-14-12-27/h3-8,15,22,29H,9-14H2,1-2H3/b23-21+/t22-/m0/s1. The van der Waals surface area contributed by atoms with Crippen molar-refractivity contribution in [3.63, 3.8) is 0 Å². The minimum Gasteiger partial charge on any atom is -0.507 e. The topological polar surface area (TPSA) is 88.5 Å². The number of hydrogen-bond donors (Lipinski definition) is 1. The van der Waals surface area contributed by atoms with Crippen LogP contribution in [0.2, 0.25) is 5.02 Å². The number of halogens is 1. The highest BCUT2D eigenvalue weighted by Crippen LogP contribution is 2.40. The molecule has 4 rings (SSSR count). The van der Waals surface area contributed by atoms with Gasteiger partial charge in [-0.15, -0.1) is 0 Å². The largest absolute Gasteiger partial charge is 0.507 e. The van der Waals surface area contributed by atoms with E-state index in [0.29, 0.717) is 48.9 Å². The van der Waals surface area contributed by atoms with E-state index in [0.717, 1.165) is 13.1 Å². The Morgan fingerprint density at radius 2 is 1.76 bits per heavy atom. The lowest BCUT2D eigenvalue weighted by Gasteiger charge is -2.31. The maximum absolute atomic E-state index is 13.2. The molecule has 0 aliphatic carbocycles. The first-order valence-electron chi connectivity index (χ1n) is 11.0. The number of hydrogen-bond acceptors (Lipinski definition) is 7. The third kappa shape index (κ3) is 4.75. The molecule has 8 nitrogen and oxygen atoms in total. The minimum absolute atomic E-state index is 0.0263. The zero-order chi connectivity index (χ0) is 24.2. The first kappa shape index (κ1) is 24.1. The van der Waals surface area contributed by atoms with Gasteiger partial charge in [-0.05, 0) is 35.9 Å². The summed E-state index contributed by atoms with van der Waals surface area (Å²) in [6.07, 6.45) is 0. The van der Waals surface area contributed by atoms with Crippen molar-refractivity contribution < 1.29 is 28.9 Å². The molecule has 1 amide bonds. The smallest absolute Gasteiger partial charge is 0.295 e. The summed E-state index contributed by atoms with van der Waals surface area (Å²) in [5, 5.41) is 11.5. The monoisotopic (exact) mass is 486 g/mol. The van der Waals surface area contributed by atoms with Crippen molar-refractivity contribution in [1.29, 1.82) is 0 Å². The van der Waals surface area contributed by atoms with Crippen LogP contribution in [-0.4, -0.2) is 80.2 Å². The maximum atomic E-state index is 13.2. The molecule has 2 aliphatic heterocycles. The Kier molecular flexibility index (Phi) is 7.41. The molecular weight excluding hydrogens is 460 g/mol. The molecule has 2 aromatic carbocycles. The number of carbonyl (C=O) groups excluding carboxylic acids is 2. The van der Waals surface area contributed by atoms with E-state index in [-0.39, 0.29) is 16.4 Å². The quantitative estimate of drug-likeness (QED) is 0.365. The summed E-state index contributed by atoms with van der Waals surface area (Å²) in [5.74, 6) is -0.563. The molecule has 1 atom stereocenters. The van der Waals surface area contributed by atoms with E-state index in [1.54, 1.807) is 43.5 Å². The number of aliphatic hydroxyl groups excluding tert-OH is 1. The molecule has 2 saturated heterocycles. The van der Waals surface area contributed by atoms with Gasteiger partial charge in [0.05, 0.1) is 44.1 Å². The SMILES string of the molecule is COc1ccc([C@H]2/C(=C(\O)c3ccc(OC)c(Cl)c3)C(=O)C(=O)N2CCN2CCOCC2)cc1. The van der Waals surface area contributed by atoms with Gasteiger partial charge in [0.15, 0.2) is 0 Å². The molecule has 0 aromatic heterocycles. The second-order valence-corrected chi connectivity index (χ2v) is 8.48. The summed E-state index contributed by atoms with van der Waals surface area (Å²) in [6, 6.07) is 11.1. The van der Waals surface area contributed by atoms with Crippen molar-refractivity contribution in [2.24, 2.45) is 0 Å². The molecule has 2 heterocycles. The third-order valence-electron chi connectivity index (χ3n) is 6.16. The van der Waals surface area contributed by atoms with Crippen LogP contribution in [0.15, 0.2) is 48.0 Å². The lowest BCUT2D eigenvalue weighted by atomic mass is 9.95. The van der Waals surface area contributed by atoms with Crippen LogP contribution in [0, 0.1) is 0 Å². The number of ketones is 1. The lowest BCUT2D eigenvalue weighted by Crippen LogP contribution is -2.42. The number of rotatable bonds is 7. The van der Waals surface area contributed by atoms with Crippen LogP contribution >= 0.6 is 11.6 Å². The van der Waals surface area contributed by atoms with E-state index in [4.69, 9.17) is 25.8 Å². The van der Waals surface area contributed by atoms with Gasteiger partial charge >= 0.3 is 0 Å². The van der Waals surface area contributed by atoms with Crippen LogP contribution in [-0.2, 0) is 14.3 Å². The van der Waals surface area contributed by atoms with Crippen molar-refractivity contribution in [2.45, 2.75) is 6.04 Å². The van der Waals surface area contributed by atoms with Gasteiger partial charge in [0.2, 0.25) is 0 Å². The van der Waals surface area contributed by atoms with E-state index >= 15 is 0 Å². The molecule has 2 aromatic rings. The first-order chi connectivity index (χ1) is 16.4. The Bertz CT molecular complexity index is 1100.